The molecular weight excluding hydrogens is 476 g/mol. The molecule has 7 rings (SSSR count). The van der Waals surface area contributed by atoms with Crippen LogP contribution in [-0.4, -0.2) is 63.8 Å². The number of anilines is 3. The van der Waals surface area contributed by atoms with E-state index in [2.05, 4.69) is 26.0 Å². The lowest BCUT2D eigenvalue weighted by molar-refractivity contribution is -0.125. The molecule has 2 aromatic heterocycles. The fourth-order valence-corrected chi connectivity index (χ4v) is 6.96. The molecule has 1 aliphatic carbocycles. The highest BCUT2D eigenvalue weighted by Crippen LogP contribution is 2.55. The summed E-state index contributed by atoms with van der Waals surface area (Å²) in [7, 11) is -1.65. The summed E-state index contributed by atoms with van der Waals surface area (Å²) in [5, 5.41) is 4.30. The van der Waals surface area contributed by atoms with Gasteiger partial charge in [0, 0.05) is 61.4 Å². The van der Waals surface area contributed by atoms with Gasteiger partial charge in [-0.05, 0) is 36.6 Å². The Labute approximate surface area is 210 Å². The van der Waals surface area contributed by atoms with Crippen molar-refractivity contribution in [1.82, 2.24) is 15.3 Å². The molecule has 1 saturated carbocycles. The van der Waals surface area contributed by atoms with E-state index in [9.17, 15) is 13.2 Å². The van der Waals surface area contributed by atoms with Crippen molar-refractivity contribution in [2.45, 2.75) is 24.7 Å². The standard InChI is InChI=1S/C26H28N6O3S/c1-31-21-11-28-19-5-4-16(8-18(19)22(21)26(24(31)33)6-3-7-26)17-9-20(30-36(2,34)35)23(29-10-17)32-14-25(15-32)12-27-13-25/h4-5,8-11,27,30H,3,6-7,12-15H2,1-2H3. The smallest absolute Gasteiger partial charge is 0.237 e. The normalized spacial score (nSPS) is 21.3. The number of aromatic nitrogens is 2. The number of likely N-dealkylation sites (N-methyl/N-ethyl adjacent to an activating group) is 1. The lowest BCUT2D eigenvalue weighted by atomic mass is 9.64. The van der Waals surface area contributed by atoms with Gasteiger partial charge in [0.2, 0.25) is 15.9 Å². The van der Waals surface area contributed by atoms with E-state index >= 15 is 0 Å². The van der Waals surface area contributed by atoms with E-state index in [1.807, 2.05) is 31.4 Å². The Morgan fingerprint density at radius 3 is 2.47 bits per heavy atom. The van der Waals surface area contributed by atoms with Crippen LogP contribution in [0.3, 0.4) is 0 Å². The molecule has 2 saturated heterocycles. The third-order valence-corrected chi connectivity index (χ3v) is 9.05. The quantitative estimate of drug-likeness (QED) is 0.562. The predicted molar refractivity (Wildman–Crippen MR) is 140 cm³/mol. The van der Waals surface area contributed by atoms with Crippen molar-refractivity contribution in [1.29, 1.82) is 0 Å². The second kappa shape index (κ2) is 7.17. The predicted octanol–water partition coefficient (Wildman–Crippen LogP) is 2.48. The summed E-state index contributed by atoms with van der Waals surface area (Å²) in [5.74, 6) is 0.814. The topological polar surface area (TPSA) is 108 Å². The third kappa shape index (κ3) is 3.03. The first kappa shape index (κ1) is 22.0. The fraction of sp³-hybridized carbons (Fsp3) is 0.423. The summed E-state index contributed by atoms with van der Waals surface area (Å²) in [5.41, 5.74) is 4.86. The van der Waals surface area contributed by atoms with Gasteiger partial charge in [0.1, 0.15) is 0 Å². The average Bonchev–Trinajstić information content (AvgIpc) is 2.99. The van der Waals surface area contributed by atoms with E-state index in [1.54, 1.807) is 11.1 Å². The third-order valence-electron chi connectivity index (χ3n) is 8.46. The monoisotopic (exact) mass is 504 g/mol. The van der Waals surface area contributed by atoms with Gasteiger partial charge in [0.25, 0.3) is 0 Å². The highest BCUT2D eigenvalue weighted by molar-refractivity contribution is 7.92. The maximum Gasteiger partial charge on any atom is 0.237 e. The van der Waals surface area contributed by atoms with Gasteiger partial charge >= 0.3 is 0 Å². The minimum Gasteiger partial charge on any atom is -0.353 e. The highest BCUT2D eigenvalue weighted by atomic mass is 32.2. The number of hydrogen-bond donors (Lipinski definition) is 2. The molecule has 5 heterocycles. The number of fused-ring (bicyclic) bond motifs is 4. The first-order valence-corrected chi connectivity index (χ1v) is 14.2. The van der Waals surface area contributed by atoms with E-state index in [0.29, 0.717) is 11.5 Å². The number of sulfonamides is 1. The molecule has 2 spiro atoms. The molecule has 4 aliphatic rings. The number of rotatable bonds is 4. The average molecular weight is 505 g/mol. The molecule has 0 unspecified atom stereocenters. The van der Waals surface area contributed by atoms with Gasteiger partial charge in [-0.1, -0.05) is 12.5 Å². The van der Waals surface area contributed by atoms with Crippen LogP contribution in [0.1, 0.15) is 24.8 Å². The molecule has 9 nitrogen and oxygen atoms in total. The van der Waals surface area contributed by atoms with Crippen LogP contribution in [0.2, 0.25) is 0 Å². The molecule has 3 fully saturated rings. The van der Waals surface area contributed by atoms with Gasteiger partial charge in [-0.3, -0.25) is 14.5 Å². The molecule has 3 aliphatic heterocycles. The first-order chi connectivity index (χ1) is 17.2. The number of carbonyl (C=O) groups is 1. The molecule has 36 heavy (non-hydrogen) atoms. The minimum atomic E-state index is -3.48. The molecule has 3 aromatic rings. The van der Waals surface area contributed by atoms with Crippen molar-refractivity contribution < 1.29 is 13.2 Å². The molecule has 10 heteroatoms. The molecule has 0 atom stereocenters. The zero-order valence-corrected chi connectivity index (χ0v) is 21.2. The Hall–Kier alpha value is -3.24. The van der Waals surface area contributed by atoms with E-state index < -0.39 is 15.4 Å². The van der Waals surface area contributed by atoms with Crippen LogP contribution in [0, 0.1) is 5.41 Å². The molecule has 0 radical (unpaired) electrons. The molecule has 1 amide bonds. The van der Waals surface area contributed by atoms with Crippen molar-refractivity contribution in [3.8, 4) is 11.1 Å². The number of nitrogens with zero attached hydrogens (tertiary/aromatic N) is 4. The molecule has 0 bridgehead atoms. The van der Waals surface area contributed by atoms with Gasteiger partial charge < -0.3 is 15.1 Å². The fourth-order valence-electron chi connectivity index (χ4n) is 6.41. The summed E-state index contributed by atoms with van der Waals surface area (Å²) >= 11 is 0. The SMILES string of the molecule is CN1C(=O)C2(CCC2)c2c1cnc1ccc(-c3cnc(N4CC5(CNC5)C4)c(NS(C)(=O)=O)c3)cc21. The minimum absolute atomic E-state index is 0.156. The Kier molecular flexibility index (Phi) is 4.38. The van der Waals surface area contributed by atoms with Gasteiger partial charge in [-0.2, -0.15) is 0 Å². The number of benzene rings is 1. The number of nitrogens with one attached hydrogen (secondary N) is 2. The zero-order chi connectivity index (χ0) is 24.9. The van der Waals surface area contributed by atoms with Crippen LogP contribution >= 0.6 is 0 Å². The Morgan fingerprint density at radius 2 is 1.83 bits per heavy atom. The second-order valence-corrected chi connectivity index (χ2v) is 12.7. The lowest BCUT2D eigenvalue weighted by Crippen LogP contribution is -2.71. The number of carbonyl (C=O) groups excluding carboxylic acids is 1. The van der Waals surface area contributed by atoms with Crippen molar-refractivity contribution in [2.24, 2.45) is 5.41 Å². The zero-order valence-electron chi connectivity index (χ0n) is 20.3. The Bertz CT molecular complexity index is 1550. The Morgan fingerprint density at radius 1 is 1.06 bits per heavy atom. The van der Waals surface area contributed by atoms with Crippen molar-refractivity contribution in [3.05, 3.63) is 42.2 Å². The second-order valence-electron chi connectivity index (χ2n) is 11.0. The maximum atomic E-state index is 13.2. The maximum absolute atomic E-state index is 13.2. The van der Waals surface area contributed by atoms with E-state index in [4.69, 9.17) is 4.98 Å². The van der Waals surface area contributed by atoms with Crippen LogP contribution in [0.25, 0.3) is 22.0 Å². The Balaban J connectivity index is 1.32. The number of amides is 1. The van der Waals surface area contributed by atoms with Gasteiger partial charge in [-0.25, -0.2) is 13.4 Å². The molecule has 186 valence electrons. The van der Waals surface area contributed by atoms with E-state index in [-0.39, 0.29) is 11.3 Å². The summed E-state index contributed by atoms with van der Waals surface area (Å²) < 4.78 is 27.1. The number of hydrogen-bond acceptors (Lipinski definition) is 7. The molecular formula is C26H28N6O3S. The lowest BCUT2D eigenvalue weighted by Gasteiger charge is -2.56. The van der Waals surface area contributed by atoms with Gasteiger partial charge in [0.05, 0.1) is 34.8 Å². The summed E-state index contributed by atoms with van der Waals surface area (Å²) in [6, 6.07) is 7.89. The van der Waals surface area contributed by atoms with Crippen molar-refractivity contribution in [2.75, 3.05) is 54.0 Å². The van der Waals surface area contributed by atoms with Crippen molar-refractivity contribution in [3.63, 3.8) is 0 Å². The van der Waals surface area contributed by atoms with Gasteiger partial charge in [-0.15, -0.1) is 0 Å². The van der Waals surface area contributed by atoms with E-state index in [1.165, 1.54) is 0 Å². The van der Waals surface area contributed by atoms with Crippen LogP contribution in [0.4, 0.5) is 17.2 Å². The number of pyridine rings is 2. The van der Waals surface area contributed by atoms with Crippen LogP contribution in [0.5, 0.6) is 0 Å². The first-order valence-electron chi connectivity index (χ1n) is 12.3. The summed E-state index contributed by atoms with van der Waals surface area (Å²) in [6.45, 7) is 3.71. The largest absolute Gasteiger partial charge is 0.353 e. The van der Waals surface area contributed by atoms with Crippen LogP contribution in [-0.2, 0) is 20.2 Å². The highest BCUT2D eigenvalue weighted by Gasteiger charge is 2.54. The van der Waals surface area contributed by atoms with Crippen LogP contribution in [0.15, 0.2) is 36.7 Å². The van der Waals surface area contributed by atoms with Crippen molar-refractivity contribution >= 4 is 44.0 Å². The molecule has 1 aromatic carbocycles. The molecule has 2 N–H and O–H groups in total. The van der Waals surface area contributed by atoms with Gasteiger partial charge in [0.15, 0.2) is 5.82 Å². The summed E-state index contributed by atoms with van der Waals surface area (Å²) in [6.07, 6.45) is 7.54. The summed E-state index contributed by atoms with van der Waals surface area (Å²) in [4.78, 5) is 26.4. The van der Waals surface area contributed by atoms with E-state index in [0.717, 1.165) is 85.0 Å². The van der Waals surface area contributed by atoms with Crippen LogP contribution < -0.4 is 19.8 Å².